The topological polar surface area (TPSA) is 123 Å². The van der Waals surface area contributed by atoms with E-state index in [9.17, 15) is 19.2 Å². The SMILES string of the molecule is CCCOC(=O)NCC(=O)NCCNC(=O)COCC(C)=O. The predicted molar refractivity (Wildman–Crippen MR) is 77.2 cm³/mol. The lowest BCUT2D eigenvalue weighted by Crippen LogP contribution is -2.41. The lowest BCUT2D eigenvalue weighted by molar-refractivity contribution is -0.129. The first kappa shape index (κ1) is 19.8. The highest BCUT2D eigenvalue weighted by Crippen LogP contribution is 1.81. The van der Waals surface area contributed by atoms with E-state index in [0.29, 0.717) is 13.0 Å². The first-order valence-corrected chi connectivity index (χ1v) is 6.97. The molecule has 0 heterocycles. The fourth-order valence-corrected chi connectivity index (χ4v) is 1.20. The van der Waals surface area contributed by atoms with Gasteiger partial charge in [0.25, 0.3) is 0 Å². The van der Waals surface area contributed by atoms with Gasteiger partial charge in [-0.2, -0.15) is 0 Å². The quantitative estimate of drug-likeness (QED) is 0.418. The Morgan fingerprint density at radius 3 is 2.14 bits per heavy atom. The molecule has 0 aliphatic rings. The molecule has 0 saturated carbocycles. The van der Waals surface area contributed by atoms with Crippen molar-refractivity contribution in [3.63, 3.8) is 0 Å². The van der Waals surface area contributed by atoms with E-state index >= 15 is 0 Å². The largest absolute Gasteiger partial charge is 0.450 e. The molecule has 0 saturated heterocycles. The second-order valence-corrected chi connectivity index (χ2v) is 4.38. The molecule has 0 aromatic carbocycles. The first-order chi connectivity index (χ1) is 10.5. The van der Waals surface area contributed by atoms with Crippen LogP contribution in [0.2, 0.25) is 0 Å². The zero-order chi connectivity index (χ0) is 16.8. The molecule has 3 amide bonds. The Hall–Kier alpha value is -2.16. The Morgan fingerprint density at radius 1 is 0.909 bits per heavy atom. The summed E-state index contributed by atoms with van der Waals surface area (Å²) in [7, 11) is 0. The number of ether oxygens (including phenoxy) is 2. The average molecular weight is 317 g/mol. The van der Waals surface area contributed by atoms with Crippen LogP contribution >= 0.6 is 0 Å². The van der Waals surface area contributed by atoms with Gasteiger partial charge in [0, 0.05) is 13.1 Å². The third-order valence-electron chi connectivity index (χ3n) is 2.14. The molecule has 3 N–H and O–H groups in total. The third-order valence-corrected chi connectivity index (χ3v) is 2.14. The molecule has 0 unspecified atom stereocenters. The Balaban J connectivity index is 3.53. The van der Waals surface area contributed by atoms with Gasteiger partial charge in [0.2, 0.25) is 11.8 Å². The summed E-state index contributed by atoms with van der Waals surface area (Å²) in [6.45, 7) is 3.43. The number of alkyl carbamates (subject to hydrolysis) is 1. The maximum atomic E-state index is 11.4. The van der Waals surface area contributed by atoms with Gasteiger partial charge in [-0.1, -0.05) is 6.92 Å². The van der Waals surface area contributed by atoms with Gasteiger partial charge in [-0.05, 0) is 13.3 Å². The number of hydrogen-bond donors (Lipinski definition) is 3. The van der Waals surface area contributed by atoms with Gasteiger partial charge in [0.1, 0.15) is 13.2 Å². The molecule has 0 aromatic heterocycles. The van der Waals surface area contributed by atoms with Crippen LogP contribution in [0, 0.1) is 0 Å². The fourth-order valence-electron chi connectivity index (χ4n) is 1.20. The van der Waals surface area contributed by atoms with Gasteiger partial charge in [-0.25, -0.2) is 4.79 Å². The van der Waals surface area contributed by atoms with Gasteiger partial charge in [-0.15, -0.1) is 0 Å². The second kappa shape index (κ2) is 12.6. The standard InChI is InChI=1S/C13H23N3O6/c1-3-6-22-13(20)16-7-11(18)14-4-5-15-12(19)9-21-8-10(2)17/h3-9H2,1-2H3,(H,14,18)(H,15,19)(H,16,20). The molecule has 0 aliphatic carbocycles. The van der Waals surface area contributed by atoms with Crippen LogP contribution < -0.4 is 16.0 Å². The van der Waals surface area contributed by atoms with Gasteiger partial charge in [0.15, 0.2) is 5.78 Å². The lowest BCUT2D eigenvalue weighted by Gasteiger charge is -2.08. The fraction of sp³-hybridized carbons (Fsp3) is 0.692. The Kier molecular flexibility index (Phi) is 11.3. The van der Waals surface area contributed by atoms with Crippen molar-refractivity contribution >= 4 is 23.7 Å². The number of Topliss-reactive ketones (excluding diaryl/α,β-unsaturated/α-hetero) is 1. The minimum atomic E-state index is -0.645. The monoisotopic (exact) mass is 317 g/mol. The summed E-state index contributed by atoms with van der Waals surface area (Å²) in [6, 6.07) is 0. The molecule has 0 spiro atoms. The smallest absolute Gasteiger partial charge is 0.407 e. The van der Waals surface area contributed by atoms with E-state index < -0.39 is 12.0 Å². The Bertz CT molecular complexity index is 386. The van der Waals surface area contributed by atoms with Crippen molar-refractivity contribution < 1.29 is 28.7 Å². The zero-order valence-corrected chi connectivity index (χ0v) is 12.9. The first-order valence-electron chi connectivity index (χ1n) is 6.97. The molecule has 0 atom stereocenters. The van der Waals surface area contributed by atoms with Crippen molar-refractivity contribution in [1.82, 2.24) is 16.0 Å². The van der Waals surface area contributed by atoms with Crippen molar-refractivity contribution in [1.29, 1.82) is 0 Å². The third kappa shape index (κ3) is 12.9. The van der Waals surface area contributed by atoms with Crippen LogP contribution in [0.4, 0.5) is 4.79 Å². The number of carbonyl (C=O) groups is 4. The normalized spacial score (nSPS) is 9.73. The molecule has 0 rings (SSSR count). The van der Waals surface area contributed by atoms with Crippen LogP contribution in [0.5, 0.6) is 0 Å². The number of hydrogen-bond acceptors (Lipinski definition) is 6. The molecule has 0 aromatic rings. The molecule has 9 heteroatoms. The number of carbonyl (C=O) groups excluding carboxylic acids is 4. The minimum Gasteiger partial charge on any atom is -0.450 e. The molecule has 9 nitrogen and oxygen atoms in total. The van der Waals surface area contributed by atoms with Crippen molar-refractivity contribution in [2.75, 3.05) is 39.5 Å². The van der Waals surface area contributed by atoms with Crippen molar-refractivity contribution in [2.24, 2.45) is 0 Å². The van der Waals surface area contributed by atoms with Gasteiger partial charge in [-0.3, -0.25) is 14.4 Å². The minimum absolute atomic E-state index is 0.107. The van der Waals surface area contributed by atoms with E-state index in [2.05, 4.69) is 16.0 Å². The summed E-state index contributed by atoms with van der Waals surface area (Å²) in [5.41, 5.74) is 0. The molecule has 0 fully saturated rings. The number of amides is 3. The molecule has 0 radical (unpaired) electrons. The van der Waals surface area contributed by atoms with Crippen LogP contribution in [0.3, 0.4) is 0 Å². The van der Waals surface area contributed by atoms with E-state index in [1.54, 1.807) is 0 Å². The molecule has 22 heavy (non-hydrogen) atoms. The van der Waals surface area contributed by atoms with Crippen LogP contribution in [-0.4, -0.2) is 63.1 Å². The predicted octanol–water partition coefficient (Wildman–Crippen LogP) is -1.04. The maximum Gasteiger partial charge on any atom is 0.407 e. The van der Waals surface area contributed by atoms with E-state index in [-0.39, 0.29) is 44.5 Å². The summed E-state index contributed by atoms with van der Waals surface area (Å²) < 4.78 is 9.55. The summed E-state index contributed by atoms with van der Waals surface area (Å²) in [5, 5.41) is 7.30. The van der Waals surface area contributed by atoms with Crippen molar-refractivity contribution in [3.8, 4) is 0 Å². The van der Waals surface area contributed by atoms with Gasteiger partial charge < -0.3 is 25.4 Å². The van der Waals surface area contributed by atoms with E-state index in [1.807, 2.05) is 6.92 Å². The van der Waals surface area contributed by atoms with Crippen LogP contribution in [-0.2, 0) is 23.9 Å². The summed E-state index contributed by atoms with van der Waals surface area (Å²) >= 11 is 0. The van der Waals surface area contributed by atoms with Gasteiger partial charge >= 0.3 is 6.09 Å². The van der Waals surface area contributed by atoms with E-state index in [1.165, 1.54) is 6.92 Å². The van der Waals surface area contributed by atoms with Crippen LogP contribution in [0.15, 0.2) is 0 Å². The zero-order valence-electron chi connectivity index (χ0n) is 12.9. The van der Waals surface area contributed by atoms with E-state index in [0.717, 1.165) is 0 Å². The molecule has 0 bridgehead atoms. The highest BCUT2D eigenvalue weighted by molar-refractivity contribution is 5.82. The number of nitrogens with one attached hydrogen (secondary N) is 3. The summed E-state index contributed by atoms with van der Waals surface area (Å²) in [5.74, 6) is -0.933. The van der Waals surface area contributed by atoms with Gasteiger partial charge in [0.05, 0.1) is 13.2 Å². The van der Waals surface area contributed by atoms with E-state index in [4.69, 9.17) is 9.47 Å². The molecular formula is C13H23N3O6. The molecule has 126 valence electrons. The number of ketones is 1. The van der Waals surface area contributed by atoms with Crippen molar-refractivity contribution in [2.45, 2.75) is 20.3 Å². The highest BCUT2D eigenvalue weighted by atomic mass is 16.5. The summed E-state index contributed by atoms with van der Waals surface area (Å²) in [4.78, 5) is 44.3. The average Bonchev–Trinajstić information content (AvgIpc) is 2.47. The van der Waals surface area contributed by atoms with Crippen LogP contribution in [0.1, 0.15) is 20.3 Å². The second-order valence-electron chi connectivity index (χ2n) is 4.38. The maximum absolute atomic E-state index is 11.4. The van der Waals surface area contributed by atoms with Crippen LogP contribution in [0.25, 0.3) is 0 Å². The molecule has 0 aliphatic heterocycles. The Morgan fingerprint density at radius 2 is 1.55 bits per heavy atom. The highest BCUT2D eigenvalue weighted by Gasteiger charge is 2.06. The van der Waals surface area contributed by atoms with Crippen molar-refractivity contribution in [3.05, 3.63) is 0 Å². The summed E-state index contributed by atoms with van der Waals surface area (Å²) in [6.07, 6.45) is 0.0584. The number of rotatable bonds is 11. The lowest BCUT2D eigenvalue weighted by atomic mass is 10.5. The molecular weight excluding hydrogens is 294 g/mol. The Labute approximate surface area is 129 Å².